The molecule has 0 bridgehead atoms. The van der Waals surface area contributed by atoms with E-state index in [9.17, 15) is 0 Å². The van der Waals surface area contributed by atoms with Gasteiger partial charge < -0.3 is 9.26 Å². The van der Waals surface area contributed by atoms with Crippen LogP contribution >= 0.6 is 0 Å². The van der Waals surface area contributed by atoms with Crippen molar-refractivity contribution in [3.05, 3.63) is 11.7 Å². The molecule has 0 saturated heterocycles. The lowest BCUT2D eigenvalue weighted by Gasteiger charge is -2.21. The Hall–Kier alpha value is -1.41. The number of hydrogen-bond acceptors (Lipinski definition) is 5. The Morgan fingerprint density at radius 3 is 2.67 bits per heavy atom. The van der Waals surface area contributed by atoms with E-state index < -0.39 is 5.60 Å². The summed E-state index contributed by atoms with van der Waals surface area (Å²) >= 11 is 0. The van der Waals surface area contributed by atoms with Crippen molar-refractivity contribution >= 4 is 0 Å². The topological polar surface area (TPSA) is 71.9 Å². The Kier molecular flexibility index (Phi) is 2.94. The monoisotopic (exact) mass is 249 g/mol. The van der Waals surface area contributed by atoms with Crippen molar-refractivity contribution in [2.24, 2.45) is 11.3 Å². The number of methoxy groups -OCH3 is 1. The third kappa shape index (κ3) is 1.72. The number of aromatic nitrogens is 2. The minimum absolute atomic E-state index is 0.0405. The van der Waals surface area contributed by atoms with Gasteiger partial charge in [-0.05, 0) is 18.8 Å². The zero-order valence-electron chi connectivity index (χ0n) is 11.5. The van der Waals surface area contributed by atoms with E-state index in [2.05, 4.69) is 16.2 Å². The molecule has 3 atom stereocenters. The van der Waals surface area contributed by atoms with Crippen LogP contribution in [0.3, 0.4) is 0 Å². The van der Waals surface area contributed by atoms with Gasteiger partial charge in [0, 0.05) is 7.11 Å². The predicted molar refractivity (Wildman–Crippen MR) is 64.6 cm³/mol. The summed E-state index contributed by atoms with van der Waals surface area (Å²) < 4.78 is 10.8. The predicted octanol–water partition coefficient (Wildman–Crippen LogP) is 2.60. The molecule has 1 heterocycles. The molecule has 18 heavy (non-hydrogen) atoms. The maximum atomic E-state index is 9.07. The number of nitrogens with zero attached hydrogens (tertiary/aromatic N) is 3. The molecule has 5 nitrogen and oxygen atoms in total. The Morgan fingerprint density at radius 2 is 2.22 bits per heavy atom. The Morgan fingerprint density at radius 1 is 1.56 bits per heavy atom. The van der Waals surface area contributed by atoms with E-state index in [0.29, 0.717) is 11.7 Å². The molecular weight excluding hydrogens is 230 g/mol. The van der Waals surface area contributed by atoms with E-state index in [0.717, 1.165) is 6.42 Å². The number of ether oxygens (including phenoxy) is 1. The van der Waals surface area contributed by atoms with E-state index in [-0.39, 0.29) is 17.3 Å². The molecular formula is C13H19N3O2. The fraction of sp³-hybridized carbons (Fsp3) is 0.769. The molecule has 1 saturated carbocycles. The summed E-state index contributed by atoms with van der Waals surface area (Å²) in [5.74, 6) is 1.11. The average molecular weight is 249 g/mol. The van der Waals surface area contributed by atoms with Crippen molar-refractivity contribution in [2.45, 2.75) is 45.6 Å². The van der Waals surface area contributed by atoms with Gasteiger partial charge in [0.15, 0.2) is 0 Å². The minimum Gasteiger partial charge on any atom is -0.370 e. The van der Waals surface area contributed by atoms with Gasteiger partial charge in [0.2, 0.25) is 11.7 Å². The van der Waals surface area contributed by atoms with E-state index in [1.54, 1.807) is 7.11 Å². The zero-order valence-corrected chi connectivity index (χ0v) is 11.5. The van der Waals surface area contributed by atoms with Gasteiger partial charge in [-0.3, -0.25) is 0 Å². The Balaban J connectivity index is 2.26. The molecule has 3 unspecified atom stereocenters. The SMILES string of the molecule is CCC(C)(OC)c1noc(C2C(C#N)C2(C)C)n1. The smallest absolute Gasteiger partial charge is 0.231 e. The minimum atomic E-state index is -0.525. The van der Waals surface area contributed by atoms with Crippen molar-refractivity contribution in [2.75, 3.05) is 7.11 Å². The highest BCUT2D eigenvalue weighted by Gasteiger charge is 2.62. The highest BCUT2D eigenvalue weighted by molar-refractivity contribution is 5.26. The molecule has 1 aromatic rings. The summed E-state index contributed by atoms with van der Waals surface area (Å²) in [7, 11) is 1.64. The van der Waals surface area contributed by atoms with Gasteiger partial charge >= 0.3 is 0 Å². The lowest BCUT2D eigenvalue weighted by molar-refractivity contribution is -0.0106. The van der Waals surface area contributed by atoms with Crippen LogP contribution in [0.15, 0.2) is 4.52 Å². The lowest BCUT2D eigenvalue weighted by Crippen LogP contribution is -2.24. The summed E-state index contributed by atoms with van der Waals surface area (Å²) in [6.07, 6.45) is 0.762. The quantitative estimate of drug-likeness (QED) is 0.820. The maximum absolute atomic E-state index is 9.07. The molecule has 1 aliphatic rings. The van der Waals surface area contributed by atoms with Gasteiger partial charge in [0.25, 0.3) is 0 Å². The second kappa shape index (κ2) is 4.06. The largest absolute Gasteiger partial charge is 0.370 e. The van der Waals surface area contributed by atoms with Crippen LogP contribution in [0.4, 0.5) is 0 Å². The van der Waals surface area contributed by atoms with Crippen LogP contribution in [0.1, 0.15) is 51.7 Å². The van der Waals surface area contributed by atoms with Crippen molar-refractivity contribution in [3.63, 3.8) is 0 Å². The summed E-state index contributed by atoms with van der Waals surface area (Å²) in [6, 6.07) is 2.29. The standard InChI is InChI=1S/C13H19N3O2/c1-6-13(4,17-5)11-15-10(18-16-11)9-8(7-14)12(9,2)3/h8-9H,6H2,1-5H3. The van der Waals surface area contributed by atoms with Crippen LogP contribution in [0.2, 0.25) is 0 Å². The number of hydrogen-bond donors (Lipinski definition) is 0. The average Bonchev–Trinajstić information content (AvgIpc) is 2.73. The van der Waals surface area contributed by atoms with Crippen molar-refractivity contribution in [3.8, 4) is 6.07 Å². The van der Waals surface area contributed by atoms with Crippen molar-refractivity contribution < 1.29 is 9.26 Å². The molecule has 0 aliphatic heterocycles. The molecule has 1 fully saturated rings. The van der Waals surface area contributed by atoms with Crippen LogP contribution in [0.5, 0.6) is 0 Å². The number of nitriles is 1. The molecule has 1 aliphatic carbocycles. The first-order valence-corrected chi connectivity index (χ1v) is 6.19. The molecule has 0 radical (unpaired) electrons. The molecule has 0 N–H and O–H groups in total. The molecule has 0 amide bonds. The first-order chi connectivity index (χ1) is 8.40. The molecule has 1 aromatic heterocycles. The van der Waals surface area contributed by atoms with E-state index in [1.807, 2.05) is 27.7 Å². The molecule has 2 rings (SSSR count). The third-order valence-electron chi connectivity index (χ3n) is 4.27. The first kappa shape index (κ1) is 13.0. The van der Waals surface area contributed by atoms with Crippen LogP contribution in [0, 0.1) is 22.7 Å². The van der Waals surface area contributed by atoms with Gasteiger partial charge in [-0.25, -0.2) is 0 Å². The lowest BCUT2D eigenvalue weighted by atomic mass is 10.0. The van der Waals surface area contributed by atoms with Gasteiger partial charge in [-0.2, -0.15) is 10.2 Å². The van der Waals surface area contributed by atoms with Gasteiger partial charge in [0.05, 0.1) is 17.9 Å². The van der Waals surface area contributed by atoms with Crippen molar-refractivity contribution in [1.29, 1.82) is 5.26 Å². The summed E-state index contributed by atoms with van der Waals surface area (Å²) in [5, 5.41) is 13.1. The van der Waals surface area contributed by atoms with Crippen LogP contribution in [-0.4, -0.2) is 17.3 Å². The molecule has 98 valence electrons. The summed E-state index contributed by atoms with van der Waals surface area (Å²) in [6.45, 7) is 8.04. The highest BCUT2D eigenvalue weighted by Crippen LogP contribution is 2.63. The molecule has 5 heteroatoms. The second-order valence-electron chi connectivity index (χ2n) is 5.65. The van der Waals surface area contributed by atoms with E-state index >= 15 is 0 Å². The van der Waals surface area contributed by atoms with Crippen LogP contribution in [-0.2, 0) is 10.3 Å². The van der Waals surface area contributed by atoms with Crippen molar-refractivity contribution in [1.82, 2.24) is 10.1 Å². The fourth-order valence-electron chi connectivity index (χ4n) is 2.31. The third-order valence-corrected chi connectivity index (χ3v) is 4.27. The zero-order chi connectivity index (χ0) is 13.6. The molecule has 0 aromatic carbocycles. The Bertz CT molecular complexity index is 483. The number of rotatable bonds is 4. The van der Waals surface area contributed by atoms with Crippen LogP contribution in [0.25, 0.3) is 0 Å². The second-order valence-corrected chi connectivity index (χ2v) is 5.65. The molecule has 0 spiro atoms. The van der Waals surface area contributed by atoms with Gasteiger partial charge in [-0.15, -0.1) is 0 Å². The van der Waals surface area contributed by atoms with E-state index in [4.69, 9.17) is 14.5 Å². The van der Waals surface area contributed by atoms with Crippen LogP contribution < -0.4 is 0 Å². The highest BCUT2D eigenvalue weighted by atomic mass is 16.5. The Labute approximate surface area is 107 Å². The van der Waals surface area contributed by atoms with E-state index in [1.165, 1.54) is 0 Å². The van der Waals surface area contributed by atoms with Gasteiger partial charge in [0.1, 0.15) is 5.60 Å². The fourth-order valence-corrected chi connectivity index (χ4v) is 2.31. The summed E-state index contributed by atoms with van der Waals surface area (Å²) in [4.78, 5) is 4.43. The summed E-state index contributed by atoms with van der Waals surface area (Å²) in [5.41, 5.74) is -0.600. The normalized spacial score (nSPS) is 28.4. The first-order valence-electron chi connectivity index (χ1n) is 6.19. The van der Waals surface area contributed by atoms with Gasteiger partial charge in [-0.1, -0.05) is 25.9 Å². The maximum Gasteiger partial charge on any atom is 0.231 e.